The Morgan fingerprint density at radius 1 is 1.33 bits per heavy atom. The zero-order chi connectivity index (χ0) is 17.7. The van der Waals surface area contributed by atoms with Crippen LogP contribution in [0.1, 0.15) is 31.5 Å². The number of nitrogens with one attached hydrogen (secondary N) is 1. The first-order valence-electron chi connectivity index (χ1n) is 8.11. The number of hydrogen-bond donors (Lipinski definition) is 2. The van der Waals surface area contributed by atoms with Gasteiger partial charge in [-0.3, -0.25) is 4.79 Å². The van der Waals surface area contributed by atoms with Crippen LogP contribution in [-0.4, -0.2) is 27.4 Å². The molecule has 1 aromatic heterocycles. The highest BCUT2D eigenvalue weighted by Crippen LogP contribution is 2.16. The Morgan fingerprint density at radius 2 is 2.00 bits per heavy atom. The number of halogens is 1. The van der Waals surface area contributed by atoms with Crippen molar-refractivity contribution in [2.75, 3.05) is 6.54 Å². The third-order valence-corrected chi connectivity index (χ3v) is 4.43. The van der Waals surface area contributed by atoms with Crippen molar-refractivity contribution in [1.29, 1.82) is 0 Å². The summed E-state index contributed by atoms with van der Waals surface area (Å²) in [7, 11) is 0. The molecule has 0 spiro atoms. The maximum atomic E-state index is 11.3. The molecule has 0 saturated carbocycles. The van der Waals surface area contributed by atoms with Crippen LogP contribution in [0, 0.1) is 18.8 Å². The molecule has 0 fully saturated rings. The predicted octanol–water partition coefficient (Wildman–Crippen LogP) is 3.78. The Hall–Kier alpha value is -1.66. The molecule has 2 aromatic rings. The van der Waals surface area contributed by atoms with Crippen LogP contribution < -0.4 is 5.32 Å². The second-order valence-electron chi connectivity index (χ2n) is 6.46. The number of carboxylic acid groups (broad SMARTS) is 1. The van der Waals surface area contributed by atoms with E-state index in [0.717, 1.165) is 21.4 Å². The number of aromatic nitrogens is 2. The third-order valence-electron chi connectivity index (χ3n) is 3.90. The molecule has 0 amide bonds. The minimum absolute atomic E-state index is 0.355. The minimum Gasteiger partial charge on any atom is -0.481 e. The molecule has 1 aromatic carbocycles. The van der Waals surface area contributed by atoms with Gasteiger partial charge in [-0.25, -0.2) is 4.68 Å². The van der Waals surface area contributed by atoms with Crippen LogP contribution in [0.3, 0.4) is 0 Å². The lowest BCUT2D eigenvalue weighted by atomic mass is 9.97. The van der Waals surface area contributed by atoms with Gasteiger partial charge in [-0.15, -0.1) is 0 Å². The number of rotatable bonds is 8. The van der Waals surface area contributed by atoms with Gasteiger partial charge in [0.25, 0.3) is 0 Å². The van der Waals surface area contributed by atoms with Crippen LogP contribution in [0.25, 0.3) is 5.69 Å². The van der Waals surface area contributed by atoms with Gasteiger partial charge in [0.1, 0.15) is 0 Å². The highest BCUT2D eigenvalue weighted by atomic mass is 79.9. The molecule has 1 heterocycles. The molecule has 24 heavy (non-hydrogen) atoms. The van der Waals surface area contributed by atoms with Gasteiger partial charge in [0.05, 0.1) is 17.3 Å². The van der Waals surface area contributed by atoms with Crippen LogP contribution in [0.15, 0.2) is 34.9 Å². The Labute approximate surface area is 151 Å². The SMILES string of the molecule is Cc1nn(-c2ccc(Br)cc2)cc1CNCC(CC(C)C)C(=O)O. The lowest BCUT2D eigenvalue weighted by Gasteiger charge is -2.15. The van der Waals surface area contributed by atoms with Crippen molar-refractivity contribution in [3.8, 4) is 5.69 Å². The van der Waals surface area contributed by atoms with Gasteiger partial charge in [0.15, 0.2) is 0 Å². The van der Waals surface area contributed by atoms with Crippen molar-refractivity contribution in [3.63, 3.8) is 0 Å². The molecule has 2 rings (SSSR count). The fourth-order valence-electron chi connectivity index (χ4n) is 2.62. The molecule has 1 atom stereocenters. The van der Waals surface area contributed by atoms with E-state index in [-0.39, 0.29) is 5.92 Å². The Morgan fingerprint density at radius 3 is 2.58 bits per heavy atom. The molecule has 0 aliphatic carbocycles. The number of carboxylic acids is 1. The van der Waals surface area contributed by atoms with E-state index in [1.165, 1.54) is 0 Å². The van der Waals surface area contributed by atoms with Crippen LogP contribution in [0.5, 0.6) is 0 Å². The molecule has 0 radical (unpaired) electrons. The van der Waals surface area contributed by atoms with Gasteiger partial charge >= 0.3 is 5.97 Å². The second kappa shape index (κ2) is 8.44. The van der Waals surface area contributed by atoms with Crippen LogP contribution >= 0.6 is 15.9 Å². The molecule has 5 nitrogen and oxygen atoms in total. The lowest BCUT2D eigenvalue weighted by Crippen LogP contribution is -2.29. The highest BCUT2D eigenvalue weighted by Gasteiger charge is 2.18. The molecule has 0 saturated heterocycles. The molecule has 6 heteroatoms. The van der Waals surface area contributed by atoms with E-state index in [4.69, 9.17) is 0 Å². The predicted molar refractivity (Wildman–Crippen MR) is 98.3 cm³/mol. The molecule has 2 N–H and O–H groups in total. The first-order chi connectivity index (χ1) is 11.4. The van der Waals surface area contributed by atoms with Crippen LogP contribution in [0.4, 0.5) is 0 Å². The van der Waals surface area contributed by atoms with E-state index in [1.807, 2.05) is 55.9 Å². The van der Waals surface area contributed by atoms with Gasteiger partial charge in [0.2, 0.25) is 0 Å². The summed E-state index contributed by atoms with van der Waals surface area (Å²) >= 11 is 3.43. The molecule has 0 bridgehead atoms. The van der Waals surface area contributed by atoms with Crippen molar-refractivity contribution in [3.05, 3.63) is 46.2 Å². The summed E-state index contributed by atoms with van der Waals surface area (Å²) in [5, 5.41) is 17.1. The highest BCUT2D eigenvalue weighted by molar-refractivity contribution is 9.10. The van der Waals surface area contributed by atoms with E-state index in [0.29, 0.717) is 25.4 Å². The van der Waals surface area contributed by atoms with E-state index in [2.05, 4.69) is 26.3 Å². The quantitative estimate of drug-likeness (QED) is 0.715. The van der Waals surface area contributed by atoms with Crippen molar-refractivity contribution in [2.24, 2.45) is 11.8 Å². The maximum absolute atomic E-state index is 11.3. The number of carbonyl (C=O) groups is 1. The topological polar surface area (TPSA) is 67.2 Å². The third kappa shape index (κ3) is 5.18. The summed E-state index contributed by atoms with van der Waals surface area (Å²) in [6.45, 7) is 7.14. The number of nitrogens with zero attached hydrogens (tertiary/aromatic N) is 2. The molecular weight excluding hydrogens is 370 g/mol. The van der Waals surface area contributed by atoms with Gasteiger partial charge in [-0.1, -0.05) is 29.8 Å². The summed E-state index contributed by atoms with van der Waals surface area (Å²) in [4.78, 5) is 11.3. The number of benzene rings is 1. The van der Waals surface area contributed by atoms with Crippen molar-refractivity contribution >= 4 is 21.9 Å². The zero-order valence-corrected chi connectivity index (χ0v) is 15.9. The fourth-order valence-corrected chi connectivity index (χ4v) is 2.88. The first-order valence-corrected chi connectivity index (χ1v) is 8.90. The standard InChI is InChI=1S/C18H24BrN3O2/c1-12(2)8-14(18(23)24)9-20-10-15-11-22(21-13(15)3)17-6-4-16(19)5-7-17/h4-7,11-12,14,20H,8-10H2,1-3H3,(H,23,24). The summed E-state index contributed by atoms with van der Waals surface area (Å²) in [5.74, 6) is -0.722. The van der Waals surface area contributed by atoms with E-state index in [9.17, 15) is 9.90 Å². The van der Waals surface area contributed by atoms with Gasteiger partial charge < -0.3 is 10.4 Å². The molecule has 0 aliphatic heterocycles. The van der Waals surface area contributed by atoms with Gasteiger partial charge in [-0.05, 0) is 43.5 Å². The number of hydrogen-bond acceptors (Lipinski definition) is 3. The minimum atomic E-state index is -0.738. The summed E-state index contributed by atoms with van der Waals surface area (Å²) in [6, 6.07) is 7.95. The smallest absolute Gasteiger partial charge is 0.307 e. The average molecular weight is 394 g/mol. The molecule has 0 aliphatic rings. The number of aryl methyl sites for hydroxylation is 1. The van der Waals surface area contributed by atoms with E-state index in [1.54, 1.807) is 0 Å². The molecule has 130 valence electrons. The second-order valence-corrected chi connectivity index (χ2v) is 7.37. The number of aliphatic carboxylic acids is 1. The molecule has 1 unspecified atom stereocenters. The normalized spacial score (nSPS) is 12.5. The lowest BCUT2D eigenvalue weighted by molar-refractivity contribution is -0.142. The molecular formula is C18H24BrN3O2. The summed E-state index contributed by atoms with van der Waals surface area (Å²) < 4.78 is 2.88. The maximum Gasteiger partial charge on any atom is 0.307 e. The van der Waals surface area contributed by atoms with Gasteiger partial charge in [0, 0.05) is 29.3 Å². The van der Waals surface area contributed by atoms with E-state index >= 15 is 0 Å². The monoisotopic (exact) mass is 393 g/mol. The zero-order valence-electron chi connectivity index (χ0n) is 14.3. The van der Waals surface area contributed by atoms with Crippen molar-refractivity contribution < 1.29 is 9.90 Å². The average Bonchev–Trinajstić information content (AvgIpc) is 2.87. The first kappa shape index (κ1) is 18.7. The van der Waals surface area contributed by atoms with Crippen LogP contribution in [0.2, 0.25) is 0 Å². The summed E-state index contributed by atoms with van der Waals surface area (Å²) in [5.41, 5.74) is 3.02. The Balaban J connectivity index is 1.98. The largest absolute Gasteiger partial charge is 0.481 e. The summed E-state index contributed by atoms with van der Waals surface area (Å²) in [6.07, 6.45) is 2.67. The Kier molecular flexibility index (Phi) is 6.57. The van der Waals surface area contributed by atoms with Gasteiger partial charge in [-0.2, -0.15) is 5.10 Å². The van der Waals surface area contributed by atoms with E-state index < -0.39 is 5.97 Å². The van der Waals surface area contributed by atoms with Crippen LogP contribution in [-0.2, 0) is 11.3 Å². The fraction of sp³-hybridized carbons (Fsp3) is 0.444. The van der Waals surface area contributed by atoms with Crippen molar-refractivity contribution in [2.45, 2.75) is 33.7 Å². The van der Waals surface area contributed by atoms with Crippen molar-refractivity contribution in [1.82, 2.24) is 15.1 Å². The Bertz CT molecular complexity index is 680.